The molecule has 6 nitrogen and oxygen atoms in total. The van der Waals surface area contributed by atoms with Gasteiger partial charge in [-0.15, -0.1) is 0 Å². The molecule has 3 heterocycles. The minimum atomic E-state index is -0.0967. The lowest BCUT2D eigenvalue weighted by Crippen LogP contribution is -2.25. The van der Waals surface area contributed by atoms with E-state index in [9.17, 15) is 4.79 Å². The average molecular weight is 357 g/mol. The highest BCUT2D eigenvalue weighted by Gasteiger charge is 2.21. The second kappa shape index (κ2) is 6.29. The lowest BCUT2D eigenvalue weighted by molar-refractivity contribution is 0.470. The number of aromatic nitrogens is 5. The van der Waals surface area contributed by atoms with E-state index in [-0.39, 0.29) is 17.0 Å². The van der Waals surface area contributed by atoms with E-state index in [0.29, 0.717) is 22.0 Å². The number of hydrogen-bond donors (Lipinski definition) is 0. The van der Waals surface area contributed by atoms with Gasteiger partial charge in [0.25, 0.3) is 5.56 Å². The largest absolute Gasteiger partial charge is 0.278 e. The number of nitrogens with zero attached hydrogens (tertiary/aromatic N) is 5. The van der Waals surface area contributed by atoms with Crippen LogP contribution in [0, 0.1) is 0 Å². The number of thioether (sulfide) groups is 1. The molecule has 3 aromatic rings. The molecule has 0 spiro atoms. The van der Waals surface area contributed by atoms with Crippen LogP contribution in [-0.2, 0) is 5.41 Å². The predicted octanol–water partition coefficient (Wildman–Crippen LogP) is 3.58. The van der Waals surface area contributed by atoms with Crippen LogP contribution < -0.4 is 5.56 Å². The van der Waals surface area contributed by atoms with Gasteiger partial charge in [-0.1, -0.05) is 32.5 Å². The van der Waals surface area contributed by atoms with Crippen molar-refractivity contribution in [2.45, 2.75) is 51.2 Å². The molecule has 132 valence electrons. The topological polar surface area (TPSA) is 65.6 Å². The first-order chi connectivity index (χ1) is 11.7. The van der Waals surface area contributed by atoms with Crippen LogP contribution in [-0.4, -0.2) is 30.6 Å². The van der Waals surface area contributed by atoms with Crippen molar-refractivity contribution in [2.24, 2.45) is 0 Å². The van der Waals surface area contributed by atoms with Crippen LogP contribution in [0.15, 0.2) is 34.5 Å². The van der Waals surface area contributed by atoms with E-state index in [4.69, 9.17) is 0 Å². The molecule has 0 N–H and O–H groups in total. The molecule has 0 atom stereocenters. The third kappa shape index (κ3) is 3.08. The fourth-order valence-electron chi connectivity index (χ4n) is 2.77. The Balaban J connectivity index is 2.38. The first-order valence-corrected chi connectivity index (χ1v) is 9.47. The SMILES string of the molecule is CSc1ncc2c(=O)n(C(C)C)n(-c3cc(C(C)(C)C)ccn3)c2n1. The Morgan fingerprint density at radius 2 is 1.92 bits per heavy atom. The van der Waals surface area contributed by atoms with Gasteiger partial charge in [-0.25, -0.2) is 24.3 Å². The molecule has 0 saturated heterocycles. The van der Waals surface area contributed by atoms with Crippen molar-refractivity contribution in [3.63, 3.8) is 0 Å². The summed E-state index contributed by atoms with van der Waals surface area (Å²) in [5.41, 5.74) is 1.64. The van der Waals surface area contributed by atoms with Gasteiger partial charge in [0, 0.05) is 18.4 Å². The summed E-state index contributed by atoms with van der Waals surface area (Å²) in [6.45, 7) is 10.4. The van der Waals surface area contributed by atoms with Crippen molar-refractivity contribution in [3.8, 4) is 5.82 Å². The smallest absolute Gasteiger partial charge is 0.267 e. The molecule has 0 aliphatic carbocycles. The summed E-state index contributed by atoms with van der Waals surface area (Å²) >= 11 is 1.45. The van der Waals surface area contributed by atoms with Gasteiger partial charge < -0.3 is 0 Å². The van der Waals surface area contributed by atoms with E-state index in [0.717, 1.165) is 5.56 Å². The molecule has 25 heavy (non-hydrogen) atoms. The second-order valence-corrected chi connectivity index (χ2v) is 8.08. The maximum atomic E-state index is 12.9. The Morgan fingerprint density at radius 3 is 2.52 bits per heavy atom. The summed E-state index contributed by atoms with van der Waals surface area (Å²) in [6.07, 6.45) is 5.31. The standard InChI is InChI=1S/C18H23N5OS/c1-11(2)22-16(24)13-10-20-17(25-6)21-15(13)23(22)14-9-12(7-8-19-14)18(3,4)5/h7-11H,1-6H3. The van der Waals surface area contributed by atoms with E-state index < -0.39 is 0 Å². The molecule has 0 saturated carbocycles. The summed E-state index contributed by atoms with van der Waals surface area (Å²) in [5.74, 6) is 0.693. The molecule has 0 aliphatic rings. The molecule has 3 aromatic heterocycles. The summed E-state index contributed by atoms with van der Waals surface area (Å²) in [5, 5.41) is 1.14. The molecular weight excluding hydrogens is 334 g/mol. The molecule has 0 bridgehead atoms. The van der Waals surface area contributed by atoms with E-state index >= 15 is 0 Å². The van der Waals surface area contributed by atoms with Gasteiger partial charge in [-0.2, -0.15) is 0 Å². The fraction of sp³-hybridized carbons (Fsp3) is 0.444. The molecular formula is C18H23N5OS. The average Bonchev–Trinajstić information content (AvgIpc) is 2.86. The van der Waals surface area contributed by atoms with Crippen molar-refractivity contribution in [3.05, 3.63) is 40.4 Å². The zero-order valence-corrected chi connectivity index (χ0v) is 16.3. The first kappa shape index (κ1) is 17.7. The van der Waals surface area contributed by atoms with Gasteiger partial charge >= 0.3 is 0 Å². The van der Waals surface area contributed by atoms with Crippen LogP contribution in [0.2, 0.25) is 0 Å². The molecule has 0 aromatic carbocycles. The summed E-state index contributed by atoms with van der Waals surface area (Å²) in [6, 6.07) is 4.01. The number of fused-ring (bicyclic) bond motifs is 1. The molecule has 0 unspecified atom stereocenters. The molecule has 3 rings (SSSR count). The van der Waals surface area contributed by atoms with Gasteiger partial charge in [0.1, 0.15) is 5.39 Å². The van der Waals surface area contributed by atoms with Crippen LogP contribution in [0.4, 0.5) is 0 Å². The Morgan fingerprint density at radius 1 is 1.20 bits per heavy atom. The second-order valence-electron chi connectivity index (χ2n) is 7.30. The molecule has 0 amide bonds. The third-order valence-corrected chi connectivity index (χ3v) is 4.66. The highest BCUT2D eigenvalue weighted by Crippen LogP contribution is 2.25. The van der Waals surface area contributed by atoms with Gasteiger partial charge in [-0.05, 0) is 43.2 Å². The highest BCUT2D eigenvalue weighted by atomic mass is 32.2. The van der Waals surface area contributed by atoms with Crippen molar-refractivity contribution >= 4 is 22.8 Å². The number of rotatable bonds is 3. The summed E-state index contributed by atoms with van der Waals surface area (Å²) in [4.78, 5) is 26.2. The summed E-state index contributed by atoms with van der Waals surface area (Å²) < 4.78 is 3.51. The number of pyridine rings is 1. The highest BCUT2D eigenvalue weighted by molar-refractivity contribution is 7.98. The number of hydrogen-bond acceptors (Lipinski definition) is 5. The van der Waals surface area contributed by atoms with Crippen LogP contribution in [0.1, 0.15) is 46.2 Å². The normalized spacial score (nSPS) is 12.3. The predicted molar refractivity (Wildman–Crippen MR) is 102 cm³/mol. The van der Waals surface area contributed by atoms with Crippen LogP contribution in [0.3, 0.4) is 0 Å². The maximum Gasteiger partial charge on any atom is 0.278 e. The quantitative estimate of drug-likeness (QED) is 0.529. The molecule has 0 radical (unpaired) electrons. The summed E-state index contributed by atoms with van der Waals surface area (Å²) in [7, 11) is 0. The van der Waals surface area contributed by atoms with Crippen LogP contribution in [0.25, 0.3) is 16.9 Å². The zero-order chi connectivity index (χ0) is 18.4. The van der Waals surface area contributed by atoms with Crippen molar-refractivity contribution < 1.29 is 0 Å². The molecule has 0 aliphatic heterocycles. The third-order valence-electron chi connectivity index (χ3n) is 4.10. The maximum absolute atomic E-state index is 12.9. The van der Waals surface area contributed by atoms with Crippen LogP contribution in [0.5, 0.6) is 0 Å². The Labute approximate surface area is 151 Å². The van der Waals surface area contributed by atoms with E-state index in [2.05, 4.69) is 35.7 Å². The fourth-order valence-corrected chi connectivity index (χ4v) is 3.11. The van der Waals surface area contributed by atoms with Crippen LogP contribution >= 0.6 is 11.8 Å². The monoisotopic (exact) mass is 357 g/mol. The lowest BCUT2D eigenvalue weighted by atomic mass is 9.88. The Kier molecular flexibility index (Phi) is 4.45. The van der Waals surface area contributed by atoms with Crippen molar-refractivity contribution in [2.75, 3.05) is 6.26 Å². The zero-order valence-electron chi connectivity index (χ0n) is 15.4. The van der Waals surface area contributed by atoms with E-state index in [1.54, 1.807) is 17.1 Å². The Hall–Kier alpha value is -2.15. The van der Waals surface area contributed by atoms with Gasteiger partial charge in [0.15, 0.2) is 16.6 Å². The Bertz CT molecular complexity index is 981. The van der Waals surface area contributed by atoms with E-state index in [1.807, 2.05) is 36.9 Å². The van der Waals surface area contributed by atoms with Gasteiger partial charge in [0.05, 0.1) is 0 Å². The molecule has 0 fully saturated rings. The first-order valence-electron chi connectivity index (χ1n) is 8.25. The van der Waals surface area contributed by atoms with Crippen molar-refractivity contribution in [1.29, 1.82) is 0 Å². The van der Waals surface area contributed by atoms with Gasteiger partial charge in [0.2, 0.25) is 0 Å². The van der Waals surface area contributed by atoms with E-state index in [1.165, 1.54) is 11.8 Å². The van der Waals surface area contributed by atoms with Gasteiger partial charge in [-0.3, -0.25) is 4.79 Å². The molecule has 7 heteroatoms. The minimum absolute atomic E-state index is 0.0109. The lowest BCUT2D eigenvalue weighted by Gasteiger charge is -2.21. The minimum Gasteiger partial charge on any atom is -0.267 e. The van der Waals surface area contributed by atoms with Crippen molar-refractivity contribution in [1.82, 2.24) is 24.3 Å².